The molecule has 0 fully saturated rings. The zero-order valence-corrected chi connectivity index (χ0v) is 25.0. The van der Waals surface area contributed by atoms with Crippen molar-refractivity contribution in [3.05, 3.63) is 66.1 Å². The largest absolute Gasteiger partial charge is 0.491 e. The summed E-state index contributed by atoms with van der Waals surface area (Å²) in [6, 6.07) is 10.4. The molecular weight excluding hydrogens is 657 g/mol. The minimum absolute atomic E-state index is 0. The van der Waals surface area contributed by atoms with Gasteiger partial charge in [0.05, 0.1) is 35.2 Å². The highest BCUT2D eigenvalue weighted by Gasteiger charge is 2.17. The molecule has 1 heterocycles. The molecular formula is C22H26Br2N3O8PS. The molecule has 0 saturated heterocycles. The molecule has 15 heteroatoms. The molecule has 3 N–H and O–H groups in total. The molecule has 0 aliphatic rings. The van der Waals surface area contributed by atoms with Gasteiger partial charge in [0.1, 0.15) is 17.2 Å². The zero-order valence-electron chi connectivity index (χ0n) is 19.9. The van der Waals surface area contributed by atoms with E-state index in [0.717, 1.165) is 6.26 Å². The highest BCUT2D eigenvalue weighted by molar-refractivity contribution is 8.93. The summed E-state index contributed by atoms with van der Waals surface area (Å²) in [5, 5.41) is 2.56. The van der Waals surface area contributed by atoms with Crippen LogP contribution in [-0.4, -0.2) is 46.4 Å². The fourth-order valence-corrected chi connectivity index (χ4v) is 4.11. The molecule has 1 amide bonds. The van der Waals surface area contributed by atoms with Gasteiger partial charge in [-0.2, -0.15) is 0 Å². The molecule has 0 aliphatic carbocycles. The molecule has 1 aromatic heterocycles. The lowest BCUT2D eigenvalue weighted by molar-refractivity contribution is 0.102. The molecule has 0 bridgehead atoms. The van der Waals surface area contributed by atoms with E-state index in [0.29, 0.717) is 11.5 Å². The smallest absolute Gasteiger partial charge is 0.331 e. The van der Waals surface area contributed by atoms with Gasteiger partial charge < -0.3 is 24.6 Å². The molecule has 3 rings (SSSR count). The lowest BCUT2D eigenvalue weighted by Crippen LogP contribution is -2.14. The van der Waals surface area contributed by atoms with E-state index in [4.69, 9.17) is 19.3 Å². The van der Waals surface area contributed by atoms with Gasteiger partial charge in [0.25, 0.3) is 5.91 Å². The number of rotatable bonds is 9. The Morgan fingerprint density at radius 3 is 2.14 bits per heavy atom. The number of carbonyl (C=O) groups is 1. The minimum Gasteiger partial charge on any atom is -0.491 e. The molecule has 0 radical (unpaired) electrons. The molecule has 0 unspecified atom stereocenters. The van der Waals surface area contributed by atoms with Crippen molar-refractivity contribution < 1.29 is 37.0 Å². The summed E-state index contributed by atoms with van der Waals surface area (Å²) >= 11 is 0. The summed E-state index contributed by atoms with van der Waals surface area (Å²) in [7, 11) is -7.64. The van der Waals surface area contributed by atoms with Crippen LogP contribution in [0.1, 0.15) is 29.9 Å². The Balaban J connectivity index is 0.00000342. The van der Waals surface area contributed by atoms with E-state index in [1.807, 2.05) is 13.8 Å². The van der Waals surface area contributed by atoms with Crippen LogP contribution >= 0.6 is 41.6 Å². The van der Waals surface area contributed by atoms with Gasteiger partial charge in [0.2, 0.25) is 0 Å². The topological polar surface area (TPSA) is 165 Å². The van der Waals surface area contributed by atoms with Gasteiger partial charge in [-0.25, -0.2) is 13.4 Å². The Kier molecular flexibility index (Phi) is 11.9. The van der Waals surface area contributed by atoms with Crippen LogP contribution in [0.3, 0.4) is 0 Å². The van der Waals surface area contributed by atoms with Crippen LogP contribution in [-0.2, 0) is 20.6 Å². The van der Waals surface area contributed by atoms with Crippen LogP contribution in [0.2, 0.25) is 0 Å². The molecule has 0 aliphatic heterocycles. The second-order valence-electron chi connectivity index (χ2n) is 7.88. The predicted molar refractivity (Wildman–Crippen MR) is 148 cm³/mol. The third-order valence-corrected chi connectivity index (χ3v) is 6.18. The number of amides is 1. The van der Waals surface area contributed by atoms with Crippen molar-refractivity contribution in [3.8, 4) is 17.2 Å². The van der Waals surface area contributed by atoms with Crippen LogP contribution in [0.15, 0.2) is 59.8 Å². The second-order valence-corrected chi connectivity index (χ2v) is 11.5. The van der Waals surface area contributed by atoms with Gasteiger partial charge in [-0.3, -0.25) is 14.3 Å². The van der Waals surface area contributed by atoms with E-state index in [1.165, 1.54) is 48.8 Å². The number of ether oxygens (including phenoxy) is 2. The molecule has 2 aromatic carbocycles. The van der Waals surface area contributed by atoms with Gasteiger partial charge >= 0.3 is 7.60 Å². The van der Waals surface area contributed by atoms with Crippen molar-refractivity contribution >= 4 is 63.1 Å². The van der Waals surface area contributed by atoms with Crippen LogP contribution in [0, 0.1) is 0 Å². The molecule has 202 valence electrons. The number of benzene rings is 2. The number of hydrogen-bond acceptors (Lipinski definition) is 8. The predicted octanol–water partition coefficient (Wildman–Crippen LogP) is 4.55. The van der Waals surface area contributed by atoms with Crippen LogP contribution in [0.4, 0.5) is 5.82 Å². The summed E-state index contributed by atoms with van der Waals surface area (Å²) in [4.78, 5) is 38.9. The SMILES string of the molecule is Br.Br.CC(C)Oc1cc(Oc2ccc(S(C)(=O)=O)cc2)cc(C(=O)Nc2cnc(CP(=O)(O)O)cn2)c1. The van der Waals surface area contributed by atoms with Crippen molar-refractivity contribution in [2.75, 3.05) is 11.6 Å². The van der Waals surface area contributed by atoms with E-state index >= 15 is 0 Å². The van der Waals surface area contributed by atoms with E-state index in [2.05, 4.69) is 15.3 Å². The fraction of sp³-hybridized carbons (Fsp3) is 0.227. The Morgan fingerprint density at radius 2 is 1.62 bits per heavy atom. The number of carbonyl (C=O) groups excluding carboxylic acids is 1. The highest BCUT2D eigenvalue weighted by Crippen LogP contribution is 2.38. The highest BCUT2D eigenvalue weighted by atomic mass is 79.9. The van der Waals surface area contributed by atoms with Crippen molar-refractivity contribution in [2.45, 2.75) is 31.0 Å². The van der Waals surface area contributed by atoms with E-state index in [9.17, 15) is 17.8 Å². The quantitative estimate of drug-likeness (QED) is 0.273. The van der Waals surface area contributed by atoms with Crippen molar-refractivity contribution in [2.24, 2.45) is 0 Å². The maximum atomic E-state index is 12.8. The third kappa shape index (κ3) is 10.5. The Labute approximate surface area is 235 Å². The molecule has 0 saturated carbocycles. The standard InChI is InChI=1S/C22H24N3O8PS.2BrH/c1-14(2)32-18-8-15(22(26)25-21-12-23-16(11-24-21)13-34(27,28)29)9-19(10-18)33-17-4-6-20(7-5-17)35(3,30)31;;/h4-12,14H,13H2,1-3H3,(H,24,25,26)(H2,27,28,29);2*1H. The molecule has 0 spiro atoms. The lowest BCUT2D eigenvalue weighted by Gasteiger charge is -2.14. The zero-order chi connectivity index (χ0) is 25.8. The van der Waals surface area contributed by atoms with E-state index < -0.39 is 29.5 Å². The maximum absolute atomic E-state index is 12.8. The number of nitrogens with one attached hydrogen (secondary N) is 1. The number of aromatic nitrogens is 2. The summed E-state index contributed by atoms with van der Waals surface area (Å²) in [6.45, 7) is 3.65. The number of halogens is 2. The summed E-state index contributed by atoms with van der Waals surface area (Å²) in [6.07, 6.45) is 2.73. The molecule has 3 aromatic rings. The number of hydrogen-bond donors (Lipinski definition) is 3. The van der Waals surface area contributed by atoms with Gasteiger partial charge in [-0.1, -0.05) is 0 Å². The first-order valence-electron chi connectivity index (χ1n) is 10.2. The number of sulfone groups is 1. The van der Waals surface area contributed by atoms with Crippen LogP contribution in [0.25, 0.3) is 0 Å². The molecule has 11 nitrogen and oxygen atoms in total. The Morgan fingerprint density at radius 1 is 1.00 bits per heavy atom. The second kappa shape index (κ2) is 13.4. The van der Waals surface area contributed by atoms with Gasteiger partial charge in [-0.05, 0) is 50.2 Å². The van der Waals surface area contributed by atoms with E-state index in [1.54, 1.807) is 6.07 Å². The average Bonchev–Trinajstić information content (AvgIpc) is 2.73. The average molecular weight is 683 g/mol. The summed E-state index contributed by atoms with van der Waals surface area (Å²) < 4.78 is 45.9. The van der Waals surface area contributed by atoms with Crippen molar-refractivity contribution in [3.63, 3.8) is 0 Å². The first-order chi connectivity index (χ1) is 16.3. The third-order valence-electron chi connectivity index (χ3n) is 4.32. The maximum Gasteiger partial charge on any atom is 0.331 e. The molecule has 37 heavy (non-hydrogen) atoms. The minimum atomic E-state index is -4.29. The van der Waals surface area contributed by atoms with Crippen LogP contribution < -0.4 is 14.8 Å². The fourth-order valence-electron chi connectivity index (χ4n) is 2.89. The lowest BCUT2D eigenvalue weighted by atomic mass is 10.2. The molecule has 0 atom stereocenters. The van der Waals surface area contributed by atoms with Crippen molar-refractivity contribution in [1.82, 2.24) is 9.97 Å². The normalized spacial score (nSPS) is 11.2. The number of anilines is 1. The van der Waals surface area contributed by atoms with Gasteiger partial charge in [0.15, 0.2) is 15.7 Å². The van der Waals surface area contributed by atoms with Gasteiger partial charge in [0, 0.05) is 17.9 Å². The Bertz CT molecular complexity index is 1370. The first-order valence-corrected chi connectivity index (χ1v) is 13.9. The Hall–Kier alpha value is -2.35. The van der Waals surface area contributed by atoms with Crippen molar-refractivity contribution in [1.29, 1.82) is 0 Å². The number of nitrogens with zero attached hydrogens (tertiary/aromatic N) is 2. The first kappa shape index (κ1) is 32.7. The summed E-state index contributed by atoms with van der Waals surface area (Å²) in [5.41, 5.74) is 0.272. The van der Waals surface area contributed by atoms with E-state index in [-0.39, 0.29) is 67.8 Å². The summed E-state index contributed by atoms with van der Waals surface area (Å²) in [5.74, 6) is 0.547. The van der Waals surface area contributed by atoms with Crippen LogP contribution in [0.5, 0.6) is 17.2 Å². The monoisotopic (exact) mass is 681 g/mol. The van der Waals surface area contributed by atoms with Gasteiger partial charge in [-0.15, -0.1) is 34.0 Å².